The Morgan fingerprint density at radius 3 is 2.52 bits per heavy atom. The van der Waals surface area contributed by atoms with Gasteiger partial charge in [0.05, 0.1) is 20.6 Å². The van der Waals surface area contributed by atoms with Crippen LogP contribution in [0, 0.1) is 22.7 Å². The quantitative estimate of drug-likeness (QED) is 0.370. The van der Waals surface area contributed by atoms with Crippen molar-refractivity contribution in [2.24, 2.45) is 0 Å². The van der Waals surface area contributed by atoms with Crippen molar-refractivity contribution in [3.05, 3.63) is 27.9 Å². The molecule has 0 radical (unpaired) electrons. The Morgan fingerprint density at radius 2 is 1.87 bits per heavy atom. The third-order valence-corrected chi connectivity index (χ3v) is 10.4. The molecule has 0 aromatic carbocycles. The van der Waals surface area contributed by atoms with E-state index in [2.05, 4.69) is 37.6 Å². The van der Waals surface area contributed by atoms with Crippen molar-refractivity contribution in [1.82, 2.24) is 0 Å². The van der Waals surface area contributed by atoms with E-state index in [-0.39, 0.29) is 0 Å². The lowest BCUT2D eigenvalue weighted by molar-refractivity contribution is 1.24. The number of rotatable bonds is 9. The van der Waals surface area contributed by atoms with Crippen LogP contribution >= 0.6 is 70.6 Å². The fraction of sp³-hybridized carbons (Fsp3) is 0.467. The average Bonchev–Trinajstić information content (AvgIpc) is 2.90. The first kappa shape index (κ1) is 21.3. The highest BCUT2D eigenvalue weighted by Gasteiger charge is 2.18. The molecular weight excluding hydrogens is 401 g/mol. The molecule has 0 aromatic heterocycles. The van der Waals surface area contributed by atoms with Gasteiger partial charge in [-0.25, -0.2) is 0 Å². The lowest BCUT2D eigenvalue weighted by atomic mass is 10.6. The van der Waals surface area contributed by atoms with E-state index >= 15 is 0 Å². The second-order valence-corrected chi connectivity index (χ2v) is 11.4. The Bertz CT molecular complexity index is 580. The highest BCUT2D eigenvalue weighted by atomic mass is 32.2. The maximum atomic E-state index is 8.63. The Balaban J connectivity index is 2.54. The lowest BCUT2D eigenvalue weighted by Crippen LogP contribution is -1.79. The maximum Gasteiger partial charge on any atom is 0.0630 e. The molecule has 0 saturated carbocycles. The molecule has 1 rings (SSSR count). The minimum Gasteiger partial charge on any atom is -0.198 e. The van der Waals surface area contributed by atoms with E-state index in [0.29, 0.717) is 12.8 Å². The summed E-state index contributed by atoms with van der Waals surface area (Å²) in [7, 11) is 0. The smallest absolute Gasteiger partial charge is 0.0630 e. The summed E-state index contributed by atoms with van der Waals surface area (Å²) in [6, 6.07) is 4.38. The lowest BCUT2D eigenvalue weighted by Gasteiger charge is -2.06. The maximum absolute atomic E-state index is 8.63. The molecule has 1 aliphatic rings. The number of thioether (sulfide) groups is 6. The Kier molecular flexibility index (Phi) is 11.7. The molecule has 0 unspecified atom stereocenters. The summed E-state index contributed by atoms with van der Waals surface area (Å²) in [5.41, 5.74) is 0. The van der Waals surface area contributed by atoms with E-state index < -0.39 is 0 Å². The van der Waals surface area contributed by atoms with Gasteiger partial charge in [-0.05, 0) is 25.5 Å². The van der Waals surface area contributed by atoms with Gasteiger partial charge in [0.1, 0.15) is 0 Å². The molecule has 23 heavy (non-hydrogen) atoms. The van der Waals surface area contributed by atoms with E-state index in [4.69, 9.17) is 10.5 Å². The second kappa shape index (κ2) is 12.6. The zero-order valence-corrected chi connectivity index (χ0v) is 18.1. The first-order valence-corrected chi connectivity index (χ1v) is 12.5. The fourth-order valence-electron chi connectivity index (χ4n) is 1.42. The van der Waals surface area contributed by atoms with Crippen LogP contribution in [0.3, 0.4) is 0 Å². The largest absolute Gasteiger partial charge is 0.198 e. The van der Waals surface area contributed by atoms with Crippen LogP contribution in [-0.4, -0.2) is 17.8 Å². The predicted molar refractivity (Wildman–Crippen MR) is 115 cm³/mol. The van der Waals surface area contributed by atoms with Gasteiger partial charge in [-0.1, -0.05) is 35.3 Å². The van der Waals surface area contributed by atoms with E-state index in [1.165, 1.54) is 22.5 Å². The second-order valence-electron chi connectivity index (χ2n) is 4.16. The summed E-state index contributed by atoms with van der Waals surface area (Å²) in [4.78, 5) is 2.62. The van der Waals surface area contributed by atoms with Crippen LogP contribution in [0.15, 0.2) is 27.9 Å². The normalized spacial score (nSPS) is 17.2. The summed E-state index contributed by atoms with van der Waals surface area (Å²) in [6.45, 7) is 4.28. The van der Waals surface area contributed by atoms with Gasteiger partial charge in [0.2, 0.25) is 0 Å². The van der Waals surface area contributed by atoms with E-state index in [0.717, 1.165) is 11.5 Å². The summed E-state index contributed by atoms with van der Waals surface area (Å²) in [5, 5.41) is 19.5. The van der Waals surface area contributed by atoms with Crippen LogP contribution < -0.4 is 0 Å². The number of nitrogens with zero attached hydrogens (tertiary/aromatic N) is 2. The van der Waals surface area contributed by atoms with Crippen LogP contribution in [0.4, 0.5) is 0 Å². The van der Waals surface area contributed by atoms with Crippen LogP contribution in [-0.2, 0) is 0 Å². The Hall–Kier alpha value is 0.300. The highest BCUT2D eigenvalue weighted by Crippen LogP contribution is 2.54. The molecule has 0 aliphatic carbocycles. The third-order valence-electron chi connectivity index (χ3n) is 2.43. The first-order chi connectivity index (χ1) is 11.1. The summed E-state index contributed by atoms with van der Waals surface area (Å²) < 4.78 is 3.92. The molecule has 0 aromatic rings. The zero-order chi connectivity index (χ0) is 17.1. The Labute approximate surface area is 164 Å². The molecule has 0 atom stereocenters. The van der Waals surface area contributed by atoms with Crippen molar-refractivity contribution in [1.29, 1.82) is 10.5 Å². The zero-order valence-electron chi connectivity index (χ0n) is 13.2. The van der Waals surface area contributed by atoms with Crippen molar-refractivity contribution in [3.8, 4) is 12.1 Å². The topological polar surface area (TPSA) is 47.6 Å². The summed E-state index contributed by atoms with van der Waals surface area (Å²) in [5.74, 6) is 1.72. The van der Waals surface area contributed by atoms with Gasteiger partial charge in [0.15, 0.2) is 0 Å². The van der Waals surface area contributed by atoms with Gasteiger partial charge in [0.25, 0.3) is 0 Å². The molecule has 0 spiro atoms. The van der Waals surface area contributed by atoms with E-state index in [1.54, 1.807) is 47.0 Å². The minimum absolute atomic E-state index is 0.589. The number of hydrogen-bond donors (Lipinski definition) is 0. The molecule has 2 nitrogen and oxygen atoms in total. The van der Waals surface area contributed by atoms with Gasteiger partial charge in [-0.3, -0.25) is 0 Å². The van der Waals surface area contributed by atoms with E-state index in [1.807, 2.05) is 23.5 Å². The number of allylic oxidation sites excluding steroid dienone is 2. The number of nitriles is 2. The first-order valence-electron chi connectivity index (χ1n) is 6.80. The summed E-state index contributed by atoms with van der Waals surface area (Å²) in [6.07, 6.45) is 3.27. The van der Waals surface area contributed by atoms with Crippen molar-refractivity contribution in [2.75, 3.05) is 17.8 Å². The molecule has 8 heteroatoms. The van der Waals surface area contributed by atoms with Crippen LogP contribution in [0.25, 0.3) is 0 Å². The van der Waals surface area contributed by atoms with Gasteiger partial charge in [-0.2, -0.15) is 10.5 Å². The number of hydrogen-bond acceptors (Lipinski definition) is 8. The third kappa shape index (κ3) is 8.29. The van der Waals surface area contributed by atoms with Gasteiger partial charge < -0.3 is 0 Å². The molecule has 1 heterocycles. The monoisotopic (exact) mass is 418 g/mol. The minimum atomic E-state index is 0.589. The van der Waals surface area contributed by atoms with Gasteiger partial charge in [-0.15, -0.1) is 35.3 Å². The van der Waals surface area contributed by atoms with Crippen molar-refractivity contribution < 1.29 is 0 Å². The van der Waals surface area contributed by atoms with Crippen molar-refractivity contribution in [3.63, 3.8) is 0 Å². The SMILES string of the molecule is CS/C(SCCC#N)=C(/C)S/C=C1\SC(C)=C(SCCC#N)S1. The summed E-state index contributed by atoms with van der Waals surface area (Å²) >= 11 is 10.7. The van der Waals surface area contributed by atoms with Crippen molar-refractivity contribution in [2.45, 2.75) is 26.7 Å². The molecule has 124 valence electrons. The highest BCUT2D eigenvalue weighted by molar-refractivity contribution is 8.36. The van der Waals surface area contributed by atoms with Crippen LogP contribution in [0.2, 0.25) is 0 Å². The molecule has 1 aliphatic heterocycles. The van der Waals surface area contributed by atoms with E-state index in [9.17, 15) is 0 Å². The van der Waals surface area contributed by atoms with Crippen LogP contribution in [0.5, 0.6) is 0 Å². The Morgan fingerprint density at radius 1 is 1.17 bits per heavy atom. The predicted octanol–water partition coefficient (Wildman–Crippen LogP) is 7.03. The average molecular weight is 419 g/mol. The van der Waals surface area contributed by atoms with Gasteiger partial charge >= 0.3 is 0 Å². The molecule has 0 bridgehead atoms. The molecule has 0 amide bonds. The molecular formula is C15H18N2S6. The molecule has 0 fully saturated rings. The molecule has 0 N–H and O–H groups in total. The van der Waals surface area contributed by atoms with Gasteiger partial charge in [0, 0.05) is 38.4 Å². The molecule has 0 saturated heterocycles. The fourth-order valence-corrected chi connectivity index (χ4v) is 8.32. The van der Waals surface area contributed by atoms with Crippen molar-refractivity contribution >= 4 is 70.6 Å². The van der Waals surface area contributed by atoms with Crippen LogP contribution in [0.1, 0.15) is 26.7 Å². The standard InChI is InChI=1S/C15H18N2S6/c1-11(14(18-3)19-8-4-6-16)21-10-13-22-12(2)15(23-13)20-9-5-7-17/h10H,4-5,8-9H2,1-3H3/b13-10+,14-11+.